The third-order valence-corrected chi connectivity index (χ3v) is 7.12. The molecule has 0 aliphatic carbocycles. The first-order valence-electron chi connectivity index (χ1n) is 12.2. The lowest BCUT2D eigenvalue weighted by Gasteiger charge is -2.13. The molecule has 6 aromatic rings. The highest BCUT2D eigenvalue weighted by molar-refractivity contribution is 6.14. The number of fused-ring (bicyclic) bond motifs is 4. The van der Waals surface area contributed by atoms with E-state index < -0.39 is 0 Å². The highest BCUT2D eigenvalue weighted by atomic mass is 16.3. The van der Waals surface area contributed by atoms with Gasteiger partial charge in [0.25, 0.3) is 0 Å². The highest BCUT2D eigenvalue weighted by Crippen LogP contribution is 2.41. The Labute approximate surface area is 199 Å². The fourth-order valence-corrected chi connectivity index (χ4v) is 5.30. The Balaban J connectivity index is 1.59. The number of pyridine rings is 1. The van der Waals surface area contributed by atoms with Gasteiger partial charge in [0, 0.05) is 28.1 Å². The van der Waals surface area contributed by atoms with Crippen molar-refractivity contribution >= 4 is 32.7 Å². The Hall–Kier alpha value is -3.91. The van der Waals surface area contributed by atoms with Crippen molar-refractivity contribution in [1.82, 2.24) is 4.98 Å². The smallest absolute Gasteiger partial charge is 0.144 e. The predicted molar refractivity (Wildman–Crippen MR) is 143 cm³/mol. The SMILES string of the molecule is CCC(CC)c1ccnc(-c2cccc3c2oc2c(-c4cccc5ccccc45)cccc23)c1. The van der Waals surface area contributed by atoms with Crippen molar-refractivity contribution in [3.63, 3.8) is 0 Å². The molecule has 0 saturated carbocycles. The van der Waals surface area contributed by atoms with Crippen LogP contribution in [0.25, 0.3) is 55.1 Å². The number of hydrogen-bond donors (Lipinski definition) is 0. The van der Waals surface area contributed by atoms with E-state index in [1.807, 2.05) is 6.20 Å². The van der Waals surface area contributed by atoms with Gasteiger partial charge >= 0.3 is 0 Å². The van der Waals surface area contributed by atoms with E-state index in [0.29, 0.717) is 5.92 Å². The van der Waals surface area contributed by atoms with Gasteiger partial charge in [-0.15, -0.1) is 0 Å². The van der Waals surface area contributed by atoms with Crippen molar-refractivity contribution in [3.8, 4) is 22.4 Å². The molecular weight excluding hydrogens is 414 g/mol. The van der Waals surface area contributed by atoms with Crippen molar-refractivity contribution in [2.75, 3.05) is 0 Å². The lowest BCUT2D eigenvalue weighted by atomic mass is 9.93. The average Bonchev–Trinajstić information content (AvgIpc) is 3.28. The van der Waals surface area contributed by atoms with Gasteiger partial charge in [-0.2, -0.15) is 0 Å². The van der Waals surface area contributed by atoms with Gasteiger partial charge < -0.3 is 4.42 Å². The van der Waals surface area contributed by atoms with Crippen molar-refractivity contribution in [1.29, 1.82) is 0 Å². The normalized spacial score (nSPS) is 11.7. The quantitative estimate of drug-likeness (QED) is 0.266. The molecule has 0 spiro atoms. The third kappa shape index (κ3) is 3.30. The summed E-state index contributed by atoms with van der Waals surface area (Å²) in [5.41, 5.74) is 7.51. The van der Waals surface area contributed by atoms with Gasteiger partial charge in [-0.05, 0) is 58.9 Å². The largest absolute Gasteiger partial charge is 0.455 e. The molecule has 0 fully saturated rings. The maximum atomic E-state index is 6.69. The highest BCUT2D eigenvalue weighted by Gasteiger charge is 2.17. The van der Waals surface area contributed by atoms with E-state index in [2.05, 4.69) is 105 Å². The summed E-state index contributed by atoms with van der Waals surface area (Å²) in [6, 6.07) is 32.2. The van der Waals surface area contributed by atoms with E-state index in [1.54, 1.807) is 0 Å². The number of furan rings is 1. The van der Waals surface area contributed by atoms with Gasteiger partial charge in [-0.25, -0.2) is 0 Å². The zero-order chi connectivity index (χ0) is 23.1. The van der Waals surface area contributed by atoms with E-state index in [1.165, 1.54) is 21.9 Å². The average molecular weight is 442 g/mol. The summed E-state index contributed by atoms with van der Waals surface area (Å²) in [6.07, 6.45) is 4.19. The number of rotatable bonds is 5. The Morgan fingerprint density at radius 3 is 2.06 bits per heavy atom. The molecule has 34 heavy (non-hydrogen) atoms. The maximum Gasteiger partial charge on any atom is 0.144 e. The summed E-state index contributed by atoms with van der Waals surface area (Å²) in [5, 5.41) is 4.73. The molecular formula is C32H27NO. The van der Waals surface area contributed by atoms with Gasteiger partial charge in [0.2, 0.25) is 0 Å². The Morgan fingerprint density at radius 1 is 0.647 bits per heavy atom. The molecule has 166 valence electrons. The summed E-state index contributed by atoms with van der Waals surface area (Å²) < 4.78 is 6.69. The van der Waals surface area contributed by atoms with Crippen LogP contribution in [0, 0.1) is 0 Å². The van der Waals surface area contributed by atoms with Crippen LogP contribution in [-0.4, -0.2) is 4.98 Å². The summed E-state index contributed by atoms with van der Waals surface area (Å²) in [6.45, 7) is 4.51. The number of nitrogens with zero attached hydrogens (tertiary/aromatic N) is 1. The second-order valence-corrected chi connectivity index (χ2v) is 8.98. The molecule has 2 nitrogen and oxygen atoms in total. The number of hydrogen-bond acceptors (Lipinski definition) is 2. The number of para-hydroxylation sites is 2. The fourth-order valence-electron chi connectivity index (χ4n) is 5.30. The first kappa shape index (κ1) is 20.7. The minimum Gasteiger partial charge on any atom is -0.455 e. The first-order chi connectivity index (χ1) is 16.8. The van der Waals surface area contributed by atoms with Crippen LogP contribution in [0.4, 0.5) is 0 Å². The molecule has 0 atom stereocenters. The van der Waals surface area contributed by atoms with Crippen LogP contribution in [0.3, 0.4) is 0 Å². The van der Waals surface area contributed by atoms with Crippen LogP contribution in [0.2, 0.25) is 0 Å². The fraction of sp³-hybridized carbons (Fsp3) is 0.156. The molecule has 0 saturated heterocycles. The monoisotopic (exact) mass is 441 g/mol. The summed E-state index contributed by atoms with van der Waals surface area (Å²) in [4.78, 5) is 4.74. The first-order valence-corrected chi connectivity index (χ1v) is 12.2. The number of aromatic nitrogens is 1. The molecule has 2 heterocycles. The van der Waals surface area contributed by atoms with Gasteiger partial charge in [-0.3, -0.25) is 4.98 Å². The minimum absolute atomic E-state index is 0.551. The van der Waals surface area contributed by atoms with E-state index in [0.717, 1.165) is 51.6 Å². The summed E-state index contributed by atoms with van der Waals surface area (Å²) in [5.74, 6) is 0.551. The van der Waals surface area contributed by atoms with Crippen LogP contribution < -0.4 is 0 Å². The van der Waals surface area contributed by atoms with Crippen molar-refractivity contribution in [2.24, 2.45) is 0 Å². The van der Waals surface area contributed by atoms with Crippen LogP contribution >= 0.6 is 0 Å². The van der Waals surface area contributed by atoms with E-state index >= 15 is 0 Å². The van der Waals surface area contributed by atoms with Crippen molar-refractivity contribution in [3.05, 3.63) is 103 Å². The lowest BCUT2D eigenvalue weighted by molar-refractivity contribution is 0.641. The molecule has 0 bridgehead atoms. The molecule has 0 aliphatic rings. The van der Waals surface area contributed by atoms with E-state index in [4.69, 9.17) is 9.40 Å². The van der Waals surface area contributed by atoms with Crippen molar-refractivity contribution in [2.45, 2.75) is 32.6 Å². The van der Waals surface area contributed by atoms with E-state index in [-0.39, 0.29) is 0 Å². The number of benzene rings is 4. The Morgan fingerprint density at radius 2 is 1.26 bits per heavy atom. The van der Waals surface area contributed by atoms with Crippen molar-refractivity contribution < 1.29 is 4.42 Å². The molecule has 6 rings (SSSR count). The van der Waals surface area contributed by atoms with Crippen LogP contribution in [-0.2, 0) is 0 Å². The molecule has 0 unspecified atom stereocenters. The van der Waals surface area contributed by atoms with Gasteiger partial charge in [0.1, 0.15) is 11.2 Å². The zero-order valence-electron chi connectivity index (χ0n) is 19.6. The molecule has 0 N–H and O–H groups in total. The zero-order valence-corrected chi connectivity index (χ0v) is 19.6. The van der Waals surface area contributed by atoms with Gasteiger partial charge in [0.15, 0.2) is 0 Å². The standard InChI is InChI=1S/C32H27NO/c1-3-21(4-2)23-18-19-33-30(20-23)29-17-9-16-28-27-15-8-14-26(31(27)34-32(28)29)25-13-7-11-22-10-5-6-12-24(22)25/h5-21H,3-4H2,1-2H3. The minimum atomic E-state index is 0.551. The predicted octanol–water partition coefficient (Wildman–Crippen LogP) is 9.37. The second kappa shape index (κ2) is 8.46. The summed E-state index contributed by atoms with van der Waals surface area (Å²) >= 11 is 0. The molecule has 0 amide bonds. The lowest BCUT2D eigenvalue weighted by Crippen LogP contribution is -1.96. The maximum absolute atomic E-state index is 6.69. The molecule has 2 heteroatoms. The van der Waals surface area contributed by atoms with Crippen LogP contribution in [0.1, 0.15) is 38.2 Å². The molecule has 4 aromatic carbocycles. The molecule has 0 radical (unpaired) electrons. The van der Waals surface area contributed by atoms with Crippen LogP contribution in [0.5, 0.6) is 0 Å². The molecule has 2 aromatic heterocycles. The third-order valence-electron chi connectivity index (χ3n) is 7.12. The van der Waals surface area contributed by atoms with E-state index in [9.17, 15) is 0 Å². The second-order valence-electron chi connectivity index (χ2n) is 8.98. The Bertz CT molecular complexity index is 1630. The van der Waals surface area contributed by atoms with Gasteiger partial charge in [-0.1, -0.05) is 86.6 Å². The summed E-state index contributed by atoms with van der Waals surface area (Å²) in [7, 11) is 0. The molecule has 0 aliphatic heterocycles. The Kier molecular flexibility index (Phi) is 5.15. The topological polar surface area (TPSA) is 26.0 Å². The van der Waals surface area contributed by atoms with Gasteiger partial charge in [0.05, 0.1) is 5.69 Å². The van der Waals surface area contributed by atoms with Crippen LogP contribution in [0.15, 0.2) is 102 Å².